The number of aryl methyl sites for hydroxylation is 1. The van der Waals surface area contributed by atoms with Gasteiger partial charge in [-0.2, -0.15) is 0 Å². The number of rotatable bonds is 2. The molecule has 0 aliphatic rings. The number of hydrogen-bond donors (Lipinski definition) is 1. The third-order valence-corrected chi connectivity index (χ3v) is 3.40. The molecule has 1 heterocycles. The molecule has 0 aliphatic carbocycles. The average Bonchev–Trinajstić information content (AvgIpc) is 2.46. The highest BCUT2D eigenvalue weighted by Crippen LogP contribution is 2.29. The van der Waals surface area contributed by atoms with Crippen molar-refractivity contribution in [1.29, 1.82) is 0 Å². The topological polar surface area (TPSA) is 50.2 Å². The first-order chi connectivity index (χ1) is 9.66. The fourth-order valence-electron chi connectivity index (χ4n) is 2.42. The number of fused-ring (bicyclic) bond motifs is 1. The van der Waals surface area contributed by atoms with Crippen LogP contribution >= 0.6 is 0 Å². The number of para-hydroxylation sites is 1. The highest BCUT2D eigenvalue weighted by Gasteiger charge is 2.10. The van der Waals surface area contributed by atoms with E-state index in [9.17, 15) is 4.79 Å². The van der Waals surface area contributed by atoms with Crippen molar-refractivity contribution in [1.82, 2.24) is 4.98 Å². The van der Waals surface area contributed by atoms with E-state index in [0.717, 1.165) is 27.6 Å². The molecule has 0 radical (unpaired) electrons. The predicted octanol–water partition coefficient (Wildman–Crippen LogP) is 3.91. The van der Waals surface area contributed by atoms with E-state index >= 15 is 0 Å². The largest absolute Gasteiger partial charge is 0.478 e. The third-order valence-electron chi connectivity index (χ3n) is 3.40. The molecule has 3 heteroatoms. The zero-order chi connectivity index (χ0) is 14.1. The number of carbonyl (C=O) groups is 1. The Morgan fingerprint density at radius 2 is 1.85 bits per heavy atom. The Hall–Kier alpha value is -2.68. The van der Waals surface area contributed by atoms with E-state index in [1.165, 1.54) is 0 Å². The maximum absolute atomic E-state index is 11.0. The SMILES string of the molecule is Cc1cc(C(=O)O)ccc1-c1cccc2cccnc12. The molecule has 0 bridgehead atoms. The summed E-state index contributed by atoms with van der Waals surface area (Å²) in [7, 11) is 0. The first-order valence-electron chi connectivity index (χ1n) is 6.35. The smallest absolute Gasteiger partial charge is 0.335 e. The van der Waals surface area contributed by atoms with Gasteiger partial charge in [-0.05, 0) is 36.2 Å². The van der Waals surface area contributed by atoms with Crippen molar-refractivity contribution < 1.29 is 9.90 Å². The summed E-state index contributed by atoms with van der Waals surface area (Å²) in [6.07, 6.45) is 1.77. The van der Waals surface area contributed by atoms with Crippen molar-refractivity contribution in [2.24, 2.45) is 0 Å². The van der Waals surface area contributed by atoms with Gasteiger partial charge < -0.3 is 5.11 Å². The number of pyridine rings is 1. The minimum atomic E-state index is -0.907. The zero-order valence-electron chi connectivity index (χ0n) is 11.0. The standard InChI is InChI=1S/C17H13NO2/c1-11-10-13(17(19)20)7-8-14(11)15-6-2-4-12-5-3-9-18-16(12)15/h2-10H,1H3,(H,19,20). The molecule has 1 aromatic heterocycles. The molecule has 2 aromatic carbocycles. The van der Waals surface area contributed by atoms with Gasteiger partial charge in [0.2, 0.25) is 0 Å². The summed E-state index contributed by atoms with van der Waals surface area (Å²) in [5.74, 6) is -0.907. The summed E-state index contributed by atoms with van der Waals surface area (Å²) < 4.78 is 0. The van der Waals surface area contributed by atoms with Crippen LogP contribution in [0.2, 0.25) is 0 Å². The van der Waals surface area contributed by atoms with Crippen LogP contribution in [0.3, 0.4) is 0 Å². The summed E-state index contributed by atoms with van der Waals surface area (Å²) in [6.45, 7) is 1.92. The molecule has 3 aromatic rings. The monoisotopic (exact) mass is 263 g/mol. The number of hydrogen-bond acceptors (Lipinski definition) is 2. The van der Waals surface area contributed by atoms with E-state index < -0.39 is 5.97 Å². The van der Waals surface area contributed by atoms with Crippen molar-refractivity contribution in [2.45, 2.75) is 6.92 Å². The van der Waals surface area contributed by atoms with Crippen LogP contribution < -0.4 is 0 Å². The number of nitrogens with zero attached hydrogens (tertiary/aromatic N) is 1. The van der Waals surface area contributed by atoms with Crippen molar-refractivity contribution in [3.8, 4) is 11.1 Å². The van der Waals surface area contributed by atoms with Crippen LogP contribution in [0.5, 0.6) is 0 Å². The average molecular weight is 263 g/mol. The number of carboxylic acid groups (broad SMARTS) is 1. The Morgan fingerprint density at radius 1 is 1.05 bits per heavy atom. The molecule has 3 rings (SSSR count). The maximum atomic E-state index is 11.0. The Kier molecular flexibility index (Phi) is 2.95. The molecule has 1 N–H and O–H groups in total. The summed E-state index contributed by atoms with van der Waals surface area (Å²) in [5.41, 5.74) is 4.21. The van der Waals surface area contributed by atoms with Crippen LogP contribution in [0.1, 0.15) is 15.9 Å². The Morgan fingerprint density at radius 3 is 2.60 bits per heavy atom. The Balaban J connectivity index is 2.23. The number of benzene rings is 2. The normalized spacial score (nSPS) is 10.7. The summed E-state index contributed by atoms with van der Waals surface area (Å²) in [4.78, 5) is 15.4. The minimum Gasteiger partial charge on any atom is -0.478 e. The second-order valence-electron chi connectivity index (χ2n) is 4.72. The maximum Gasteiger partial charge on any atom is 0.335 e. The van der Waals surface area contributed by atoms with Gasteiger partial charge >= 0.3 is 5.97 Å². The molecule has 0 spiro atoms. The third kappa shape index (κ3) is 2.03. The van der Waals surface area contributed by atoms with Gasteiger partial charge in [-0.25, -0.2) is 4.79 Å². The molecule has 0 saturated heterocycles. The van der Waals surface area contributed by atoms with E-state index in [1.54, 1.807) is 18.3 Å². The quantitative estimate of drug-likeness (QED) is 0.762. The van der Waals surface area contributed by atoms with Crippen molar-refractivity contribution in [3.63, 3.8) is 0 Å². The first-order valence-corrected chi connectivity index (χ1v) is 6.35. The summed E-state index contributed by atoms with van der Waals surface area (Å²) >= 11 is 0. The molecule has 0 unspecified atom stereocenters. The highest BCUT2D eigenvalue weighted by molar-refractivity contribution is 5.95. The lowest BCUT2D eigenvalue weighted by Gasteiger charge is -2.09. The highest BCUT2D eigenvalue weighted by atomic mass is 16.4. The van der Waals surface area contributed by atoms with Crippen LogP contribution in [0, 0.1) is 6.92 Å². The fourth-order valence-corrected chi connectivity index (χ4v) is 2.42. The van der Waals surface area contributed by atoms with Gasteiger partial charge in [0.05, 0.1) is 11.1 Å². The first kappa shape index (κ1) is 12.4. The predicted molar refractivity (Wildman–Crippen MR) is 78.9 cm³/mol. The molecular formula is C17H13NO2. The van der Waals surface area contributed by atoms with Gasteiger partial charge in [0.1, 0.15) is 0 Å². The summed E-state index contributed by atoms with van der Waals surface area (Å²) in [6, 6.07) is 15.1. The van der Waals surface area contributed by atoms with Gasteiger partial charge in [-0.3, -0.25) is 4.98 Å². The lowest BCUT2D eigenvalue weighted by atomic mass is 9.96. The Bertz CT molecular complexity index is 804. The summed E-state index contributed by atoms with van der Waals surface area (Å²) in [5, 5.41) is 10.1. The van der Waals surface area contributed by atoms with Crippen molar-refractivity contribution in [2.75, 3.05) is 0 Å². The lowest BCUT2D eigenvalue weighted by molar-refractivity contribution is 0.0697. The van der Waals surface area contributed by atoms with Crippen LogP contribution in [-0.4, -0.2) is 16.1 Å². The molecule has 0 atom stereocenters. The Labute approximate surface area is 116 Å². The van der Waals surface area contributed by atoms with Crippen LogP contribution in [0.15, 0.2) is 54.7 Å². The molecule has 0 saturated carbocycles. The number of carboxylic acids is 1. The second-order valence-corrected chi connectivity index (χ2v) is 4.72. The van der Waals surface area contributed by atoms with Crippen molar-refractivity contribution >= 4 is 16.9 Å². The minimum absolute atomic E-state index is 0.305. The molecule has 0 amide bonds. The number of aromatic carboxylic acids is 1. The fraction of sp³-hybridized carbons (Fsp3) is 0.0588. The molecular weight excluding hydrogens is 250 g/mol. The lowest BCUT2D eigenvalue weighted by Crippen LogP contribution is -1.97. The van der Waals surface area contributed by atoms with E-state index in [4.69, 9.17) is 5.11 Å². The number of aromatic nitrogens is 1. The van der Waals surface area contributed by atoms with Gasteiger partial charge in [0.25, 0.3) is 0 Å². The van der Waals surface area contributed by atoms with E-state index in [-0.39, 0.29) is 0 Å². The van der Waals surface area contributed by atoms with Crippen LogP contribution in [0.4, 0.5) is 0 Å². The van der Waals surface area contributed by atoms with Gasteiger partial charge in [-0.1, -0.05) is 30.3 Å². The second kappa shape index (κ2) is 4.78. The van der Waals surface area contributed by atoms with Crippen LogP contribution in [-0.2, 0) is 0 Å². The molecule has 0 aliphatic heterocycles. The van der Waals surface area contributed by atoms with E-state index in [0.29, 0.717) is 5.56 Å². The van der Waals surface area contributed by atoms with Gasteiger partial charge in [0, 0.05) is 17.1 Å². The van der Waals surface area contributed by atoms with Crippen molar-refractivity contribution in [3.05, 3.63) is 65.9 Å². The van der Waals surface area contributed by atoms with Gasteiger partial charge in [0.15, 0.2) is 0 Å². The molecule has 20 heavy (non-hydrogen) atoms. The zero-order valence-corrected chi connectivity index (χ0v) is 11.0. The molecule has 0 fully saturated rings. The molecule has 98 valence electrons. The van der Waals surface area contributed by atoms with Gasteiger partial charge in [-0.15, -0.1) is 0 Å². The van der Waals surface area contributed by atoms with E-state index in [1.807, 2.05) is 43.3 Å². The van der Waals surface area contributed by atoms with Crippen LogP contribution in [0.25, 0.3) is 22.0 Å². The van der Waals surface area contributed by atoms with E-state index in [2.05, 4.69) is 4.98 Å². The molecule has 3 nitrogen and oxygen atoms in total.